The minimum Gasteiger partial charge on any atom is -0.305 e. The van der Waals surface area contributed by atoms with Gasteiger partial charge in [-0.15, -0.1) is 0 Å². The lowest BCUT2D eigenvalue weighted by Crippen LogP contribution is -2.35. The Morgan fingerprint density at radius 3 is 2.80 bits per heavy atom. The van der Waals surface area contributed by atoms with Crippen LogP contribution in [0.4, 0.5) is 0 Å². The summed E-state index contributed by atoms with van der Waals surface area (Å²) in [4.78, 5) is 18.4. The molecule has 3 nitrogen and oxygen atoms in total. The molecule has 0 aromatic carbocycles. The number of aromatic nitrogens is 1. The summed E-state index contributed by atoms with van der Waals surface area (Å²) >= 11 is 0. The van der Waals surface area contributed by atoms with Crippen LogP contribution in [-0.2, 0) is 11.2 Å². The van der Waals surface area contributed by atoms with Gasteiger partial charge in [-0.1, -0.05) is 13.3 Å². The molecular formula is C17H26N2O. The van der Waals surface area contributed by atoms with Gasteiger partial charge in [-0.05, 0) is 49.9 Å². The zero-order chi connectivity index (χ0) is 14.4. The average Bonchev–Trinajstić information content (AvgIpc) is 2.48. The molecule has 1 fully saturated rings. The van der Waals surface area contributed by atoms with Crippen molar-refractivity contribution in [2.75, 3.05) is 20.1 Å². The second-order valence-electron chi connectivity index (χ2n) is 6.08. The number of carbonyl (C=O) groups is 1. The van der Waals surface area contributed by atoms with Crippen LogP contribution in [-0.4, -0.2) is 35.8 Å². The van der Waals surface area contributed by atoms with Crippen molar-refractivity contribution in [2.45, 2.75) is 39.0 Å². The molecule has 1 aliphatic rings. The predicted molar refractivity (Wildman–Crippen MR) is 81.6 cm³/mol. The first-order valence-corrected chi connectivity index (χ1v) is 7.79. The van der Waals surface area contributed by atoms with Gasteiger partial charge in [0, 0.05) is 37.8 Å². The summed E-state index contributed by atoms with van der Waals surface area (Å²) in [5, 5.41) is 0. The number of rotatable bonds is 6. The number of pyridine rings is 1. The van der Waals surface area contributed by atoms with Crippen molar-refractivity contribution in [1.82, 2.24) is 9.88 Å². The van der Waals surface area contributed by atoms with Crippen molar-refractivity contribution < 1.29 is 4.79 Å². The van der Waals surface area contributed by atoms with E-state index in [9.17, 15) is 4.79 Å². The number of Topliss-reactive ketones (excluding diaryl/α,β-unsaturated/α-hetero) is 1. The van der Waals surface area contributed by atoms with Gasteiger partial charge in [-0.2, -0.15) is 0 Å². The fraction of sp³-hybridized carbons (Fsp3) is 0.647. The number of likely N-dealkylation sites (N-methyl/N-ethyl adjacent to an activating group) is 1. The van der Waals surface area contributed by atoms with Crippen LogP contribution in [0, 0.1) is 11.8 Å². The second kappa shape index (κ2) is 7.53. The quantitative estimate of drug-likeness (QED) is 0.799. The van der Waals surface area contributed by atoms with Gasteiger partial charge in [0.1, 0.15) is 5.78 Å². The number of carbonyl (C=O) groups excluding carboxylic acids is 1. The van der Waals surface area contributed by atoms with Crippen LogP contribution in [0.25, 0.3) is 0 Å². The molecule has 110 valence electrons. The van der Waals surface area contributed by atoms with Gasteiger partial charge in [-0.25, -0.2) is 0 Å². The van der Waals surface area contributed by atoms with E-state index >= 15 is 0 Å². The van der Waals surface area contributed by atoms with Gasteiger partial charge < -0.3 is 4.90 Å². The van der Waals surface area contributed by atoms with E-state index in [4.69, 9.17) is 0 Å². The number of hydrogen-bond donors (Lipinski definition) is 0. The Hall–Kier alpha value is -1.22. The summed E-state index contributed by atoms with van der Waals surface area (Å²) in [5.41, 5.74) is 1.31. The lowest BCUT2D eigenvalue weighted by atomic mass is 9.79. The molecule has 20 heavy (non-hydrogen) atoms. The Balaban J connectivity index is 1.78. The second-order valence-corrected chi connectivity index (χ2v) is 6.08. The van der Waals surface area contributed by atoms with E-state index in [1.807, 2.05) is 12.4 Å². The molecule has 0 aliphatic heterocycles. The van der Waals surface area contributed by atoms with Gasteiger partial charge in [0.05, 0.1) is 0 Å². The molecular weight excluding hydrogens is 248 g/mol. The smallest absolute Gasteiger partial charge is 0.137 e. The van der Waals surface area contributed by atoms with Crippen molar-refractivity contribution in [3.05, 3.63) is 30.1 Å². The van der Waals surface area contributed by atoms with Crippen molar-refractivity contribution in [3.63, 3.8) is 0 Å². The molecule has 0 bridgehead atoms. The molecule has 3 heteroatoms. The summed E-state index contributed by atoms with van der Waals surface area (Å²) in [7, 11) is 2.13. The number of hydrogen-bond acceptors (Lipinski definition) is 3. The summed E-state index contributed by atoms with van der Waals surface area (Å²) in [6, 6.07) is 4.12. The third-order valence-electron chi connectivity index (χ3n) is 4.51. The Labute approximate surface area is 122 Å². The van der Waals surface area contributed by atoms with Crippen molar-refractivity contribution >= 4 is 5.78 Å². The Morgan fingerprint density at radius 2 is 2.10 bits per heavy atom. The molecule has 1 aliphatic carbocycles. The maximum Gasteiger partial charge on any atom is 0.137 e. The Morgan fingerprint density at radius 1 is 1.35 bits per heavy atom. The van der Waals surface area contributed by atoms with Crippen LogP contribution in [0.15, 0.2) is 24.5 Å². The standard InChI is InChI=1S/C17H26N2O/c1-3-14-4-5-17(20)16(12-14)13-19(2)11-8-15-6-9-18-10-7-15/h6-7,9-10,14,16H,3-5,8,11-13H2,1-2H3. The van der Waals surface area contributed by atoms with Crippen molar-refractivity contribution in [1.29, 1.82) is 0 Å². The highest BCUT2D eigenvalue weighted by Gasteiger charge is 2.28. The molecule has 0 radical (unpaired) electrons. The molecule has 2 rings (SSSR count). The first-order chi connectivity index (χ1) is 9.69. The van der Waals surface area contributed by atoms with Crippen LogP contribution < -0.4 is 0 Å². The Bertz CT molecular complexity index is 418. The van der Waals surface area contributed by atoms with E-state index in [-0.39, 0.29) is 5.92 Å². The highest BCUT2D eigenvalue weighted by molar-refractivity contribution is 5.81. The minimum atomic E-state index is 0.260. The largest absolute Gasteiger partial charge is 0.305 e. The van der Waals surface area contributed by atoms with E-state index in [1.165, 1.54) is 12.0 Å². The zero-order valence-electron chi connectivity index (χ0n) is 12.7. The summed E-state index contributed by atoms with van der Waals surface area (Å²) < 4.78 is 0. The van der Waals surface area contributed by atoms with E-state index in [0.29, 0.717) is 5.78 Å². The molecule has 1 aromatic rings. The van der Waals surface area contributed by atoms with E-state index < -0.39 is 0 Å². The molecule has 1 aromatic heterocycles. The van der Waals surface area contributed by atoms with Crippen LogP contribution in [0.2, 0.25) is 0 Å². The van der Waals surface area contributed by atoms with Gasteiger partial charge in [0.25, 0.3) is 0 Å². The van der Waals surface area contributed by atoms with Gasteiger partial charge in [0.2, 0.25) is 0 Å². The Kier molecular flexibility index (Phi) is 5.72. The zero-order valence-corrected chi connectivity index (χ0v) is 12.7. The van der Waals surface area contributed by atoms with Crippen LogP contribution in [0.5, 0.6) is 0 Å². The summed E-state index contributed by atoms with van der Waals surface area (Å²) in [5.74, 6) is 1.49. The van der Waals surface area contributed by atoms with E-state index in [2.05, 4.69) is 36.0 Å². The minimum absolute atomic E-state index is 0.260. The highest BCUT2D eigenvalue weighted by atomic mass is 16.1. The first kappa shape index (κ1) is 15.2. The monoisotopic (exact) mass is 274 g/mol. The first-order valence-electron chi connectivity index (χ1n) is 7.79. The van der Waals surface area contributed by atoms with Crippen LogP contribution in [0.1, 0.15) is 38.2 Å². The third-order valence-corrected chi connectivity index (χ3v) is 4.51. The van der Waals surface area contributed by atoms with Gasteiger partial charge >= 0.3 is 0 Å². The SMILES string of the molecule is CCC1CCC(=O)C(CN(C)CCc2ccncc2)C1. The maximum absolute atomic E-state index is 12.0. The van der Waals surface area contributed by atoms with Gasteiger partial charge in [0.15, 0.2) is 0 Å². The van der Waals surface area contributed by atoms with Crippen LogP contribution >= 0.6 is 0 Å². The van der Waals surface area contributed by atoms with Crippen LogP contribution in [0.3, 0.4) is 0 Å². The molecule has 2 atom stereocenters. The molecule has 1 heterocycles. The fourth-order valence-electron chi connectivity index (χ4n) is 3.09. The molecule has 2 unspecified atom stereocenters. The lowest BCUT2D eigenvalue weighted by Gasteiger charge is -2.30. The molecule has 0 N–H and O–H groups in total. The molecule has 0 saturated heterocycles. The number of ketones is 1. The lowest BCUT2D eigenvalue weighted by molar-refractivity contribution is -0.126. The van der Waals surface area contributed by atoms with Gasteiger partial charge in [-0.3, -0.25) is 9.78 Å². The highest BCUT2D eigenvalue weighted by Crippen LogP contribution is 2.29. The van der Waals surface area contributed by atoms with E-state index in [1.54, 1.807) is 0 Å². The molecule has 0 spiro atoms. The van der Waals surface area contributed by atoms with E-state index in [0.717, 1.165) is 44.7 Å². The third kappa shape index (κ3) is 4.41. The number of nitrogens with zero attached hydrogens (tertiary/aromatic N) is 2. The van der Waals surface area contributed by atoms with Crippen molar-refractivity contribution in [2.24, 2.45) is 11.8 Å². The topological polar surface area (TPSA) is 33.2 Å². The average molecular weight is 274 g/mol. The molecule has 1 saturated carbocycles. The fourth-order valence-corrected chi connectivity index (χ4v) is 3.09. The summed E-state index contributed by atoms with van der Waals surface area (Å²) in [6.07, 6.45) is 8.90. The normalized spacial score (nSPS) is 23.2. The van der Waals surface area contributed by atoms with Crippen molar-refractivity contribution in [3.8, 4) is 0 Å². The maximum atomic E-state index is 12.0. The predicted octanol–water partition coefficient (Wildman–Crippen LogP) is 2.95. The molecule has 0 amide bonds. The summed E-state index contributed by atoms with van der Waals surface area (Å²) in [6.45, 7) is 4.16.